The molecule has 1 aliphatic heterocycles. The average molecular weight is 405 g/mol. The molecule has 1 aromatic carbocycles. The van der Waals surface area contributed by atoms with Crippen LogP contribution >= 0.6 is 23.2 Å². The molecule has 2 aromatic rings. The molecule has 142 valence electrons. The minimum atomic E-state index is -0.111. The van der Waals surface area contributed by atoms with Crippen molar-refractivity contribution < 1.29 is 4.79 Å². The Morgan fingerprint density at radius 1 is 1.11 bits per heavy atom. The number of hydrogen-bond donors (Lipinski definition) is 1. The number of nitrogens with zero attached hydrogens (tertiary/aromatic N) is 3. The Morgan fingerprint density at radius 2 is 1.93 bits per heavy atom. The molecule has 1 amide bonds. The lowest BCUT2D eigenvalue weighted by Crippen LogP contribution is -2.46. The second-order valence-corrected chi connectivity index (χ2v) is 7.07. The van der Waals surface area contributed by atoms with E-state index in [-0.39, 0.29) is 5.91 Å². The van der Waals surface area contributed by atoms with Crippen molar-refractivity contribution in [2.24, 2.45) is 0 Å². The molecule has 0 spiro atoms. The molecular formula is C20H22Cl2N4O. The lowest BCUT2D eigenvalue weighted by molar-refractivity contribution is 0.0957. The van der Waals surface area contributed by atoms with Gasteiger partial charge in [-0.3, -0.25) is 14.7 Å². The molecule has 3 rings (SSSR count). The van der Waals surface area contributed by atoms with Gasteiger partial charge in [-0.15, -0.1) is 0 Å². The molecular weight excluding hydrogens is 383 g/mol. The number of rotatable bonds is 6. The van der Waals surface area contributed by atoms with Crippen molar-refractivity contribution in [2.75, 3.05) is 44.2 Å². The van der Waals surface area contributed by atoms with E-state index >= 15 is 0 Å². The van der Waals surface area contributed by atoms with Crippen LogP contribution in [0.25, 0.3) is 0 Å². The number of carbonyl (C=O) groups excluding carboxylic acids is 1. The molecule has 5 nitrogen and oxygen atoms in total. The quantitative estimate of drug-likeness (QED) is 0.748. The minimum Gasteiger partial charge on any atom is -0.368 e. The summed E-state index contributed by atoms with van der Waals surface area (Å²) in [6, 6.07) is 9.24. The molecule has 1 saturated heterocycles. The van der Waals surface area contributed by atoms with Crippen molar-refractivity contribution in [3.63, 3.8) is 0 Å². The van der Waals surface area contributed by atoms with Gasteiger partial charge in [0.25, 0.3) is 5.91 Å². The number of nitrogens with one attached hydrogen (secondary N) is 1. The first-order valence-electron chi connectivity index (χ1n) is 8.89. The number of hydrogen-bond acceptors (Lipinski definition) is 4. The van der Waals surface area contributed by atoms with Crippen molar-refractivity contribution in [1.29, 1.82) is 0 Å². The average Bonchev–Trinajstić information content (AvgIpc) is 2.71. The Bertz CT molecular complexity index is 790. The van der Waals surface area contributed by atoms with Gasteiger partial charge in [-0.2, -0.15) is 0 Å². The van der Waals surface area contributed by atoms with Gasteiger partial charge in [0.15, 0.2) is 0 Å². The van der Waals surface area contributed by atoms with Crippen LogP contribution in [0, 0.1) is 0 Å². The Balaban J connectivity index is 1.39. The fourth-order valence-electron chi connectivity index (χ4n) is 2.97. The van der Waals surface area contributed by atoms with Crippen molar-refractivity contribution in [3.8, 4) is 0 Å². The SMILES string of the molecule is O=C(NC/C=C/CN1CCN(c2cccc(Cl)c2Cl)CC1)c1cccnc1. The zero-order chi connectivity index (χ0) is 19.1. The summed E-state index contributed by atoms with van der Waals surface area (Å²) in [6.45, 7) is 5.09. The van der Waals surface area contributed by atoms with Gasteiger partial charge in [-0.1, -0.05) is 41.4 Å². The smallest absolute Gasteiger partial charge is 0.253 e. The second kappa shape index (κ2) is 9.74. The topological polar surface area (TPSA) is 48.5 Å². The van der Waals surface area contributed by atoms with Gasteiger partial charge >= 0.3 is 0 Å². The van der Waals surface area contributed by atoms with Crippen LogP contribution in [0.4, 0.5) is 5.69 Å². The van der Waals surface area contributed by atoms with E-state index < -0.39 is 0 Å². The molecule has 1 fully saturated rings. The number of anilines is 1. The highest BCUT2D eigenvalue weighted by atomic mass is 35.5. The van der Waals surface area contributed by atoms with Crippen LogP contribution in [0.3, 0.4) is 0 Å². The predicted molar refractivity (Wildman–Crippen MR) is 111 cm³/mol. The molecule has 2 heterocycles. The van der Waals surface area contributed by atoms with Crippen LogP contribution in [0.5, 0.6) is 0 Å². The maximum absolute atomic E-state index is 11.9. The largest absolute Gasteiger partial charge is 0.368 e. The number of amides is 1. The minimum absolute atomic E-state index is 0.111. The van der Waals surface area contributed by atoms with Gasteiger partial charge in [-0.05, 0) is 24.3 Å². The van der Waals surface area contributed by atoms with Crippen LogP contribution < -0.4 is 10.2 Å². The first kappa shape index (κ1) is 19.7. The van der Waals surface area contributed by atoms with Crippen molar-refractivity contribution >= 4 is 34.8 Å². The highest BCUT2D eigenvalue weighted by molar-refractivity contribution is 6.43. The number of pyridine rings is 1. The van der Waals surface area contributed by atoms with E-state index in [1.165, 1.54) is 0 Å². The predicted octanol–water partition coefficient (Wildman–Crippen LogP) is 3.50. The number of aromatic nitrogens is 1. The summed E-state index contributed by atoms with van der Waals surface area (Å²) in [5.74, 6) is -0.111. The van der Waals surface area contributed by atoms with Gasteiger partial charge in [0.1, 0.15) is 0 Å². The van der Waals surface area contributed by atoms with E-state index in [1.807, 2.05) is 24.3 Å². The van der Waals surface area contributed by atoms with E-state index in [2.05, 4.69) is 26.2 Å². The Morgan fingerprint density at radius 3 is 2.67 bits per heavy atom. The molecule has 1 aliphatic rings. The van der Waals surface area contributed by atoms with Gasteiger partial charge in [-0.25, -0.2) is 0 Å². The van der Waals surface area contributed by atoms with Crippen LogP contribution in [-0.2, 0) is 0 Å². The third kappa shape index (κ3) is 5.45. The number of halogens is 2. The summed E-state index contributed by atoms with van der Waals surface area (Å²) >= 11 is 12.4. The van der Waals surface area contributed by atoms with Crippen LogP contribution in [0.15, 0.2) is 54.9 Å². The molecule has 0 bridgehead atoms. The van der Waals surface area contributed by atoms with E-state index in [0.29, 0.717) is 22.2 Å². The monoisotopic (exact) mass is 404 g/mol. The Hall–Kier alpha value is -2.08. The second-order valence-electron chi connectivity index (χ2n) is 6.28. The van der Waals surface area contributed by atoms with Crippen molar-refractivity contribution in [2.45, 2.75) is 0 Å². The number of carbonyl (C=O) groups is 1. The van der Waals surface area contributed by atoms with Crippen LogP contribution in [0.1, 0.15) is 10.4 Å². The molecule has 0 atom stereocenters. The standard InChI is InChI=1S/C20H22Cl2N4O/c21-17-6-3-7-18(19(17)22)26-13-11-25(12-14-26)10-2-1-9-24-20(27)16-5-4-8-23-15-16/h1-8,15H,9-14H2,(H,24,27)/b2-1+. The number of piperazine rings is 1. The number of benzene rings is 1. The molecule has 1 N–H and O–H groups in total. The molecule has 7 heteroatoms. The summed E-state index contributed by atoms with van der Waals surface area (Å²) in [7, 11) is 0. The molecule has 0 aliphatic carbocycles. The Kier molecular flexibility index (Phi) is 7.10. The van der Waals surface area contributed by atoms with E-state index in [4.69, 9.17) is 23.2 Å². The lowest BCUT2D eigenvalue weighted by Gasteiger charge is -2.36. The zero-order valence-corrected chi connectivity index (χ0v) is 16.5. The first-order chi connectivity index (χ1) is 13.1. The van der Waals surface area contributed by atoms with E-state index in [1.54, 1.807) is 24.5 Å². The zero-order valence-electron chi connectivity index (χ0n) is 14.9. The van der Waals surface area contributed by atoms with Gasteiger partial charge in [0.2, 0.25) is 0 Å². The van der Waals surface area contributed by atoms with E-state index in [9.17, 15) is 4.79 Å². The first-order valence-corrected chi connectivity index (χ1v) is 9.65. The van der Waals surface area contributed by atoms with Gasteiger partial charge in [0.05, 0.1) is 21.3 Å². The lowest BCUT2D eigenvalue weighted by atomic mass is 10.2. The Labute approximate surface area is 169 Å². The van der Waals surface area contributed by atoms with Crippen LogP contribution in [-0.4, -0.2) is 55.1 Å². The molecule has 0 unspecified atom stereocenters. The maximum atomic E-state index is 11.9. The third-order valence-electron chi connectivity index (χ3n) is 4.48. The summed E-state index contributed by atoms with van der Waals surface area (Å²) in [5.41, 5.74) is 1.57. The van der Waals surface area contributed by atoms with Crippen molar-refractivity contribution in [3.05, 3.63) is 70.5 Å². The normalized spacial score (nSPS) is 15.3. The maximum Gasteiger partial charge on any atom is 0.253 e. The summed E-state index contributed by atoms with van der Waals surface area (Å²) < 4.78 is 0. The van der Waals surface area contributed by atoms with Gasteiger partial charge in [0, 0.05) is 51.7 Å². The fourth-order valence-corrected chi connectivity index (χ4v) is 3.38. The van der Waals surface area contributed by atoms with Crippen LogP contribution in [0.2, 0.25) is 10.0 Å². The highest BCUT2D eigenvalue weighted by Gasteiger charge is 2.18. The summed E-state index contributed by atoms with van der Waals surface area (Å²) in [5, 5.41) is 4.07. The van der Waals surface area contributed by atoms with Gasteiger partial charge < -0.3 is 10.2 Å². The molecule has 0 radical (unpaired) electrons. The summed E-state index contributed by atoms with van der Waals surface area (Å²) in [6.07, 6.45) is 7.28. The molecule has 27 heavy (non-hydrogen) atoms. The molecule has 0 saturated carbocycles. The fraction of sp³-hybridized carbons (Fsp3) is 0.300. The highest BCUT2D eigenvalue weighted by Crippen LogP contribution is 2.32. The summed E-state index contributed by atoms with van der Waals surface area (Å²) in [4.78, 5) is 20.5. The van der Waals surface area contributed by atoms with Crippen molar-refractivity contribution in [1.82, 2.24) is 15.2 Å². The third-order valence-corrected chi connectivity index (χ3v) is 5.29. The molecule has 1 aromatic heterocycles. The van der Waals surface area contributed by atoms with E-state index in [0.717, 1.165) is 38.4 Å².